The van der Waals surface area contributed by atoms with E-state index in [2.05, 4.69) is 10.3 Å². The van der Waals surface area contributed by atoms with Crippen molar-refractivity contribution in [3.8, 4) is 5.88 Å². The fourth-order valence-electron chi connectivity index (χ4n) is 2.11. The first-order valence-corrected chi connectivity index (χ1v) is 8.51. The minimum atomic E-state index is -0.310. The number of carbonyl (C=O) groups excluding carboxylic acids is 1. The van der Waals surface area contributed by atoms with E-state index in [-0.39, 0.29) is 30.0 Å². The molecule has 1 N–H and O–H groups in total. The summed E-state index contributed by atoms with van der Waals surface area (Å²) in [5.74, 6) is -0.162. The third kappa shape index (κ3) is 6.80. The van der Waals surface area contributed by atoms with Crippen LogP contribution in [0, 0.1) is 5.82 Å². The van der Waals surface area contributed by atoms with Crippen molar-refractivity contribution in [2.75, 3.05) is 6.61 Å². The number of ether oxygens (including phenoxy) is 2. The molecule has 1 atom stereocenters. The standard InChI is InChI=1S/C20H25FN2O3/c1-14(12-26-20(2,3)4)23-19(24)16-8-9-18(22-11-16)25-13-15-6-5-7-17(21)10-15/h5-11,14H,12-13H2,1-4H3,(H,23,24). The summed E-state index contributed by atoms with van der Waals surface area (Å²) in [6.45, 7) is 8.42. The molecular formula is C20H25FN2O3. The topological polar surface area (TPSA) is 60.5 Å². The van der Waals surface area contributed by atoms with E-state index in [1.54, 1.807) is 24.3 Å². The number of nitrogens with one attached hydrogen (secondary N) is 1. The molecule has 1 aromatic heterocycles. The van der Waals surface area contributed by atoms with Crippen molar-refractivity contribution in [2.24, 2.45) is 0 Å². The highest BCUT2D eigenvalue weighted by atomic mass is 19.1. The van der Waals surface area contributed by atoms with Gasteiger partial charge in [0.1, 0.15) is 12.4 Å². The van der Waals surface area contributed by atoms with E-state index in [1.165, 1.54) is 18.3 Å². The monoisotopic (exact) mass is 360 g/mol. The van der Waals surface area contributed by atoms with Gasteiger partial charge in [-0.1, -0.05) is 12.1 Å². The van der Waals surface area contributed by atoms with Crippen LogP contribution in [0.4, 0.5) is 4.39 Å². The Morgan fingerprint density at radius 1 is 1.27 bits per heavy atom. The number of nitrogens with zero attached hydrogens (tertiary/aromatic N) is 1. The lowest BCUT2D eigenvalue weighted by molar-refractivity contribution is -0.0118. The molecule has 0 radical (unpaired) electrons. The number of pyridine rings is 1. The Hall–Kier alpha value is -2.47. The summed E-state index contributed by atoms with van der Waals surface area (Å²) in [5, 5.41) is 2.87. The molecular weight excluding hydrogens is 335 g/mol. The van der Waals surface area contributed by atoms with Gasteiger partial charge in [-0.2, -0.15) is 0 Å². The third-order valence-electron chi connectivity index (χ3n) is 3.42. The highest BCUT2D eigenvalue weighted by Crippen LogP contribution is 2.12. The van der Waals surface area contributed by atoms with Crippen LogP contribution in [-0.4, -0.2) is 29.1 Å². The molecule has 0 aliphatic rings. The summed E-state index contributed by atoms with van der Waals surface area (Å²) in [6, 6.07) is 9.31. The molecule has 2 aromatic rings. The van der Waals surface area contributed by atoms with Crippen LogP contribution in [0.15, 0.2) is 42.6 Å². The highest BCUT2D eigenvalue weighted by molar-refractivity contribution is 5.94. The summed E-state index contributed by atoms with van der Waals surface area (Å²) < 4.78 is 24.3. The molecule has 1 aromatic carbocycles. The molecule has 26 heavy (non-hydrogen) atoms. The predicted molar refractivity (Wildman–Crippen MR) is 97.6 cm³/mol. The first kappa shape index (κ1) is 19.8. The van der Waals surface area contributed by atoms with E-state index in [1.807, 2.05) is 27.7 Å². The smallest absolute Gasteiger partial charge is 0.253 e. The summed E-state index contributed by atoms with van der Waals surface area (Å²) in [6.07, 6.45) is 1.45. The van der Waals surface area contributed by atoms with Crippen molar-refractivity contribution in [3.05, 3.63) is 59.5 Å². The average Bonchev–Trinajstić information content (AvgIpc) is 2.58. The molecule has 0 fully saturated rings. The Morgan fingerprint density at radius 2 is 2.04 bits per heavy atom. The summed E-state index contributed by atoms with van der Waals surface area (Å²) in [4.78, 5) is 16.3. The Morgan fingerprint density at radius 3 is 2.65 bits per heavy atom. The Kier molecular flexibility index (Phi) is 6.69. The Balaban J connectivity index is 1.85. The zero-order valence-electron chi connectivity index (χ0n) is 15.6. The largest absolute Gasteiger partial charge is 0.473 e. The van der Waals surface area contributed by atoms with E-state index in [4.69, 9.17) is 9.47 Å². The zero-order valence-corrected chi connectivity index (χ0v) is 15.6. The van der Waals surface area contributed by atoms with Crippen molar-refractivity contribution < 1.29 is 18.7 Å². The number of carbonyl (C=O) groups is 1. The summed E-state index contributed by atoms with van der Waals surface area (Å²) in [7, 11) is 0. The Labute approximate surface area is 153 Å². The minimum absolute atomic E-state index is 0.120. The maximum atomic E-state index is 13.1. The van der Waals surface area contributed by atoms with E-state index in [0.29, 0.717) is 23.6 Å². The van der Waals surface area contributed by atoms with Gasteiger partial charge < -0.3 is 14.8 Å². The number of hydrogen-bond donors (Lipinski definition) is 1. The highest BCUT2D eigenvalue weighted by Gasteiger charge is 2.15. The van der Waals surface area contributed by atoms with Crippen molar-refractivity contribution in [1.82, 2.24) is 10.3 Å². The minimum Gasteiger partial charge on any atom is -0.473 e. The zero-order chi connectivity index (χ0) is 19.2. The van der Waals surface area contributed by atoms with Gasteiger partial charge in [-0.3, -0.25) is 4.79 Å². The van der Waals surface area contributed by atoms with Crippen LogP contribution in [-0.2, 0) is 11.3 Å². The van der Waals surface area contributed by atoms with Crippen LogP contribution in [0.5, 0.6) is 5.88 Å². The van der Waals surface area contributed by atoms with Gasteiger partial charge in [-0.05, 0) is 51.5 Å². The van der Waals surface area contributed by atoms with Crippen LogP contribution in [0.3, 0.4) is 0 Å². The number of halogens is 1. The van der Waals surface area contributed by atoms with Gasteiger partial charge in [0.15, 0.2) is 0 Å². The third-order valence-corrected chi connectivity index (χ3v) is 3.42. The van der Waals surface area contributed by atoms with Gasteiger partial charge in [0.25, 0.3) is 5.91 Å². The lowest BCUT2D eigenvalue weighted by Crippen LogP contribution is -2.38. The molecule has 5 nitrogen and oxygen atoms in total. The second-order valence-electron chi connectivity index (χ2n) is 7.10. The van der Waals surface area contributed by atoms with Crippen molar-refractivity contribution in [3.63, 3.8) is 0 Å². The molecule has 0 aliphatic heterocycles. The SMILES string of the molecule is CC(COC(C)(C)C)NC(=O)c1ccc(OCc2cccc(F)c2)nc1. The molecule has 0 saturated heterocycles. The van der Waals surface area contributed by atoms with E-state index < -0.39 is 0 Å². The quantitative estimate of drug-likeness (QED) is 0.817. The number of benzene rings is 1. The Bertz CT molecular complexity index is 727. The second kappa shape index (κ2) is 8.76. The normalized spacial score (nSPS) is 12.5. The van der Waals surface area contributed by atoms with Crippen molar-refractivity contribution in [2.45, 2.75) is 45.9 Å². The summed E-state index contributed by atoms with van der Waals surface area (Å²) >= 11 is 0. The van der Waals surface area contributed by atoms with Gasteiger partial charge in [0.2, 0.25) is 5.88 Å². The summed E-state index contributed by atoms with van der Waals surface area (Å²) in [5.41, 5.74) is 0.897. The molecule has 1 amide bonds. The fourth-order valence-corrected chi connectivity index (χ4v) is 2.11. The van der Waals surface area contributed by atoms with Crippen molar-refractivity contribution >= 4 is 5.91 Å². The van der Waals surface area contributed by atoms with Crippen LogP contribution in [0.1, 0.15) is 43.6 Å². The lowest BCUT2D eigenvalue weighted by atomic mass is 10.2. The van der Waals surface area contributed by atoms with Crippen LogP contribution in [0.25, 0.3) is 0 Å². The number of hydrogen-bond acceptors (Lipinski definition) is 4. The van der Waals surface area contributed by atoms with Crippen LogP contribution >= 0.6 is 0 Å². The van der Waals surface area contributed by atoms with E-state index in [0.717, 1.165) is 0 Å². The van der Waals surface area contributed by atoms with Gasteiger partial charge in [0, 0.05) is 18.3 Å². The molecule has 0 aliphatic carbocycles. The molecule has 6 heteroatoms. The van der Waals surface area contributed by atoms with Crippen LogP contribution < -0.4 is 10.1 Å². The number of rotatable bonds is 7. The fraction of sp³-hybridized carbons (Fsp3) is 0.400. The second-order valence-corrected chi connectivity index (χ2v) is 7.10. The molecule has 140 valence electrons. The van der Waals surface area contributed by atoms with E-state index in [9.17, 15) is 9.18 Å². The predicted octanol–water partition coefficient (Wildman–Crippen LogP) is 3.73. The average molecular weight is 360 g/mol. The lowest BCUT2D eigenvalue weighted by Gasteiger charge is -2.23. The number of aromatic nitrogens is 1. The number of amides is 1. The molecule has 1 unspecified atom stereocenters. The van der Waals surface area contributed by atoms with Gasteiger partial charge >= 0.3 is 0 Å². The van der Waals surface area contributed by atoms with Crippen molar-refractivity contribution in [1.29, 1.82) is 0 Å². The van der Waals surface area contributed by atoms with E-state index >= 15 is 0 Å². The maximum absolute atomic E-state index is 13.1. The molecule has 0 saturated carbocycles. The molecule has 0 spiro atoms. The first-order chi connectivity index (χ1) is 12.2. The first-order valence-electron chi connectivity index (χ1n) is 8.51. The van der Waals surface area contributed by atoms with Gasteiger partial charge in [-0.15, -0.1) is 0 Å². The van der Waals surface area contributed by atoms with Gasteiger partial charge in [-0.25, -0.2) is 9.37 Å². The molecule has 1 heterocycles. The molecule has 0 bridgehead atoms. The van der Waals surface area contributed by atoms with Gasteiger partial charge in [0.05, 0.1) is 17.8 Å². The maximum Gasteiger partial charge on any atom is 0.253 e. The molecule has 2 rings (SSSR count). The van der Waals surface area contributed by atoms with Crippen LogP contribution in [0.2, 0.25) is 0 Å².